The molecule has 11 heavy (non-hydrogen) atoms. The van der Waals surface area contributed by atoms with E-state index in [1.165, 1.54) is 32.2 Å². The SMILES string of the molecule is CCCCN(C)C(C)CCC. The summed E-state index contributed by atoms with van der Waals surface area (Å²) in [6, 6.07) is 0.770. The van der Waals surface area contributed by atoms with E-state index >= 15 is 0 Å². The number of nitrogens with zero attached hydrogens (tertiary/aromatic N) is 1. The van der Waals surface area contributed by atoms with Gasteiger partial charge in [0.1, 0.15) is 0 Å². The Hall–Kier alpha value is -0.0400. The van der Waals surface area contributed by atoms with E-state index in [1.54, 1.807) is 0 Å². The molecule has 1 atom stereocenters. The van der Waals surface area contributed by atoms with Crippen LogP contribution in [0.1, 0.15) is 46.5 Å². The Morgan fingerprint density at radius 3 is 2.27 bits per heavy atom. The summed E-state index contributed by atoms with van der Waals surface area (Å²) in [4.78, 5) is 2.47. The Labute approximate surface area is 71.8 Å². The molecule has 0 aromatic heterocycles. The molecule has 0 heterocycles. The molecule has 1 nitrogen and oxygen atoms in total. The number of rotatable bonds is 6. The predicted molar refractivity (Wildman–Crippen MR) is 51.9 cm³/mol. The molecule has 0 radical (unpaired) electrons. The quantitative estimate of drug-likeness (QED) is 0.573. The van der Waals surface area contributed by atoms with Crippen molar-refractivity contribution in [3.05, 3.63) is 0 Å². The van der Waals surface area contributed by atoms with Gasteiger partial charge in [0.2, 0.25) is 0 Å². The third-order valence-corrected chi connectivity index (χ3v) is 2.32. The van der Waals surface area contributed by atoms with E-state index in [0.717, 1.165) is 6.04 Å². The van der Waals surface area contributed by atoms with Gasteiger partial charge in [-0.05, 0) is 33.4 Å². The van der Waals surface area contributed by atoms with Crippen molar-refractivity contribution in [1.82, 2.24) is 4.90 Å². The fourth-order valence-electron chi connectivity index (χ4n) is 1.27. The molecule has 0 aliphatic heterocycles. The zero-order valence-corrected chi connectivity index (χ0v) is 8.56. The minimum atomic E-state index is 0.770. The van der Waals surface area contributed by atoms with Gasteiger partial charge in [0.25, 0.3) is 0 Å². The second kappa shape index (κ2) is 6.66. The molecule has 0 amide bonds. The first-order valence-corrected chi connectivity index (χ1v) is 4.92. The normalized spacial score (nSPS) is 13.9. The van der Waals surface area contributed by atoms with Crippen LogP contribution < -0.4 is 0 Å². The number of hydrogen-bond donors (Lipinski definition) is 0. The van der Waals surface area contributed by atoms with Gasteiger partial charge >= 0.3 is 0 Å². The fourth-order valence-corrected chi connectivity index (χ4v) is 1.27. The highest BCUT2D eigenvalue weighted by molar-refractivity contribution is 4.61. The first kappa shape index (κ1) is 11.0. The van der Waals surface area contributed by atoms with Crippen LogP contribution >= 0.6 is 0 Å². The standard InChI is InChI=1S/C10H23N/c1-5-7-9-11(4)10(3)8-6-2/h10H,5-9H2,1-4H3. The summed E-state index contributed by atoms with van der Waals surface area (Å²) in [5, 5.41) is 0. The Kier molecular flexibility index (Phi) is 6.63. The fraction of sp³-hybridized carbons (Fsp3) is 1.00. The average molecular weight is 157 g/mol. The molecule has 0 bridgehead atoms. The third-order valence-electron chi connectivity index (χ3n) is 2.32. The van der Waals surface area contributed by atoms with Crippen molar-refractivity contribution in [3.63, 3.8) is 0 Å². The zero-order valence-electron chi connectivity index (χ0n) is 8.56. The second-order valence-corrected chi connectivity index (χ2v) is 3.47. The molecule has 0 aliphatic carbocycles. The second-order valence-electron chi connectivity index (χ2n) is 3.47. The lowest BCUT2D eigenvalue weighted by molar-refractivity contribution is 0.241. The van der Waals surface area contributed by atoms with E-state index < -0.39 is 0 Å². The minimum absolute atomic E-state index is 0.770. The van der Waals surface area contributed by atoms with Crippen LogP contribution in [0.25, 0.3) is 0 Å². The molecule has 68 valence electrons. The Morgan fingerprint density at radius 2 is 1.82 bits per heavy atom. The Balaban J connectivity index is 3.38. The van der Waals surface area contributed by atoms with Crippen LogP contribution in [0.3, 0.4) is 0 Å². The number of unbranched alkanes of at least 4 members (excludes halogenated alkanes) is 1. The van der Waals surface area contributed by atoms with Gasteiger partial charge < -0.3 is 4.90 Å². The van der Waals surface area contributed by atoms with E-state index in [1.807, 2.05) is 0 Å². The molecule has 0 aromatic carbocycles. The molecular formula is C10H23N. The van der Waals surface area contributed by atoms with Crippen LogP contribution in [0, 0.1) is 0 Å². The third kappa shape index (κ3) is 5.25. The van der Waals surface area contributed by atoms with Crippen molar-refractivity contribution >= 4 is 0 Å². The summed E-state index contributed by atoms with van der Waals surface area (Å²) in [6.07, 6.45) is 5.28. The Bertz CT molecular complexity index is 80.9. The maximum atomic E-state index is 2.47. The van der Waals surface area contributed by atoms with Crippen molar-refractivity contribution in [1.29, 1.82) is 0 Å². The maximum Gasteiger partial charge on any atom is 0.00637 e. The van der Waals surface area contributed by atoms with Gasteiger partial charge in [-0.15, -0.1) is 0 Å². The topological polar surface area (TPSA) is 3.24 Å². The van der Waals surface area contributed by atoms with Crippen molar-refractivity contribution in [2.75, 3.05) is 13.6 Å². The smallest absolute Gasteiger partial charge is 0.00637 e. The highest BCUT2D eigenvalue weighted by atomic mass is 15.1. The van der Waals surface area contributed by atoms with Gasteiger partial charge in [-0.25, -0.2) is 0 Å². The van der Waals surface area contributed by atoms with Crippen molar-refractivity contribution in [3.8, 4) is 0 Å². The zero-order chi connectivity index (χ0) is 8.69. The molecule has 0 rings (SSSR count). The van der Waals surface area contributed by atoms with Gasteiger partial charge in [-0.2, -0.15) is 0 Å². The van der Waals surface area contributed by atoms with Gasteiger partial charge in [0, 0.05) is 6.04 Å². The van der Waals surface area contributed by atoms with Crippen molar-refractivity contribution in [2.24, 2.45) is 0 Å². The molecule has 0 N–H and O–H groups in total. The summed E-state index contributed by atoms with van der Waals surface area (Å²) < 4.78 is 0. The first-order valence-electron chi connectivity index (χ1n) is 4.92. The van der Waals surface area contributed by atoms with Crippen LogP contribution in [-0.4, -0.2) is 24.5 Å². The lowest BCUT2D eigenvalue weighted by Crippen LogP contribution is -2.29. The molecule has 0 saturated heterocycles. The molecule has 0 saturated carbocycles. The van der Waals surface area contributed by atoms with Crippen LogP contribution in [0.2, 0.25) is 0 Å². The summed E-state index contributed by atoms with van der Waals surface area (Å²) >= 11 is 0. The minimum Gasteiger partial charge on any atom is -0.304 e. The van der Waals surface area contributed by atoms with E-state index in [0.29, 0.717) is 0 Å². The van der Waals surface area contributed by atoms with Crippen LogP contribution in [0.5, 0.6) is 0 Å². The highest BCUT2D eigenvalue weighted by Gasteiger charge is 2.05. The predicted octanol–water partition coefficient (Wildman–Crippen LogP) is 2.91. The lowest BCUT2D eigenvalue weighted by Gasteiger charge is -2.23. The van der Waals surface area contributed by atoms with Crippen molar-refractivity contribution < 1.29 is 0 Å². The monoisotopic (exact) mass is 157 g/mol. The van der Waals surface area contributed by atoms with E-state index in [4.69, 9.17) is 0 Å². The van der Waals surface area contributed by atoms with E-state index in [9.17, 15) is 0 Å². The molecular weight excluding hydrogens is 134 g/mol. The van der Waals surface area contributed by atoms with Crippen molar-refractivity contribution in [2.45, 2.75) is 52.5 Å². The molecule has 0 spiro atoms. The molecule has 1 heteroatoms. The van der Waals surface area contributed by atoms with Crippen LogP contribution in [0.15, 0.2) is 0 Å². The summed E-state index contributed by atoms with van der Waals surface area (Å²) in [7, 11) is 2.23. The van der Waals surface area contributed by atoms with Gasteiger partial charge in [-0.1, -0.05) is 26.7 Å². The van der Waals surface area contributed by atoms with E-state index in [2.05, 4.69) is 32.7 Å². The number of hydrogen-bond acceptors (Lipinski definition) is 1. The van der Waals surface area contributed by atoms with Gasteiger partial charge in [0.15, 0.2) is 0 Å². The molecule has 0 aliphatic rings. The van der Waals surface area contributed by atoms with Gasteiger partial charge in [0.05, 0.1) is 0 Å². The molecule has 0 fully saturated rings. The highest BCUT2D eigenvalue weighted by Crippen LogP contribution is 2.04. The molecule has 0 aromatic rings. The Morgan fingerprint density at radius 1 is 1.18 bits per heavy atom. The largest absolute Gasteiger partial charge is 0.304 e. The summed E-state index contributed by atoms with van der Waals surface area (Å²) in [6.45, 7) is 8.08. The van der Waals surface area contributed by atoms with E-state index in [-0.39, 0.29) is 0 Å². The molecule has 1 unspecified atom stereocenters. The average Bonchev–Trinajstić information content (AvgIpc) is 2.00. The summed E-state index contributed by atoms with van der Waals surface area (Å²) in [5.74, 6) is 0. The van der Waals surface area contributed by atoms with Gasteiger partial charge in [-0.3, -0.25) is 0 Å². The maximum absolute atomic E-state index is 2.47. The first-order chi connectivity index (χ1) is 5.22. The summed E-state index contributed by atoms with van der Waals surface area (Å²) in [5.41, 5.74) is 0. The lowest BCUT2D eigenvalue weighted by atomic mass is 10.1. The van der Waals surface area contributed by atoms with Crippen LogP contribution in [-0.2, 0) is 0 Å². The van der Waals surface area contributed by atoms with Crippen LogP contribution in [0.4, 0.5) is 0 Å².